The number of rotatable bonds is 5. The molecule has 0 aliphatic rings. The lowest BCUT2D eigenvalue weighted by Crippen LogP contribution is -2.13. The summed E-state index contributed by atoms with van der Waals surface area (Å²) in [7, 11) is 0. The Hall–Kier alpha value is -2.09. The lowest BCUT2D eigenvalue weighted by atomic mass is 10.3. The maximum atomic E-state index is 11.8. The van der Waals surface area contributed by atoms with Gasteiger partial charge in [-0.2, -0.15) is 0 Å². The number of nitrogens with one attached hydrogen (secondary N) is 2. The SMILES string of the molecule is CCCNc1ccc(C(=O)Nc2nnns2)nc1. The van der Waals surface area contributed by atoms with E-state index in [1.54, 1.807) is 12.3 Å². The second-order valence-electron chi connectivity index (χ2n) is 3.48. The van der Waals surface area contributed by atoms with Gasteiger partial charge in [0.1, 0.15) is 5.69 Å². The van der Waals surface area contributed by atoms with Gasteiger partial charge in [-0.3, -0.25) is 10.1 Å². The first kappa shape index (κ1) is 12.4. The average Bonchev–Trinajstić information content (AvgIpc) is 2.89. The number of carbonyl (C=O) groups is 1. The van der Waals surface area contributed by atoms with Crippen molar-refractivity contribution in [1.82, 2.24) is 19.8 Å². The van der Waals surface area contributed by atoms with Crippen LogP contribution in [0, 0.1) is 0 Å². The fraction of sp³-hybridized carbons (Fsp3) is 0.300. The summed E-state index contributed by atoms with van der Waals surface area (Å²) in [6.07, 6.45) is 2.66. The summed E-state index contributed by atoms with van der Waals surface area (Å²) < 4.78 is 3.55. The van der Waals surface area contributed by atoms with Gasteiger partial charge in [-0.05, 0) is 23.8 Å². The number of amides is 1. The monoisotopic (exact) mass is 264 g/mol. The quantitative estimate of drug-likeness (QED) is 0.848. The topological polar surface area (TPSA) is 92.7 Å². The molecule has 0 atom stereocenters. The van der Waals surface area contributed by atoms with Crippen LogP contribution < -0.4 is 10.6 Å². The number of hydrogen-bond acceptors (Lipinski definition) is 7. The molecule has 0 aliphatic carbocycles. The van der Waals surface area contributed by atoms with Crippen molar-refractivity contribution in [2.75, 3.05) is 17.2 Å². The van der Waals surface area contributed by atoms with Gasteiger partial charge < -0.3 is 5.32 Å². The van der Waals surface area contributed by atoms with Gasteiger partial charge in [0.05, 0.1) is 11.9 Å². The molecule has 2 N–H and O–H groups in total. The first-order valence-electron chi connectivity index (χ1n) is 5.46. The highest BCUT2D eigenvalue weighted by molar-refractivity contribution is 7.09. The second-order valence-corrected chi connectivity index (χ2v) is 4.21. The maximum Gasteiger partial charge on any atom is 0.276 e. The molecule has 0 radical (unpaired) electrons. The summed E-state index contributed by atoms with van der Waals surface area (Å²) in [5.74, 6) is -0.324. The Balaban J connectivity index is 1.98. The molecule has 7 nitrogen and oxygen atoms in total. The largest absolute Gasteiger partial charge is 0.384 e. The van der Waals surface area contributed by atoms with Gasteiger partial charge in [0, 0.05) is 18.1 Å². The van der Waals surface area contributed by atoms with Gasteiger partial charge in [0.2, 0.25) is 5.13 Å². The van der Waals surface area contributed by atoms with E-state index in [0.717, 1.165) is 30.2 Å². The van der Waals surface area contributed by atoms with Gasteiger partial charge in [0.15, 0.2) is 0 Å². The van der Waals surface area contributed by atoms with E-state index in [0.29, 0.717) is 10.8 Å². The zero-order valence-corrected chi connectivity index (χ0v) is 10.6. The van der Waals surface area contributed by atoms with Crippen LogP contribution in [0.4, 0.5) is 10.8 Å². The number of anilines is 2. The normalized spacial score (nSPS) is 10.1. The number of pyridine rings is 1. The molecule has 2 rings (SSSR count). The van der Waals surface area contributed by atoms with Crippen LogP contribution in [0.3, 0.4) is 0 Å². The van der Waals surface area contributed by atoms with Crippen LogP contribution in [-0.2, 0) is 0 Å². The highest BCUT2D eigenvalue weighted by Gasteiger charge is 2.09. The predicted octanol–water partition coefficient (Wildman–Crippen LogP) is 1.40. The third-order valence-electron chi connectivity index (χ3n) is 2.10. The summed E-state index contributed by atoms with van der Waals surface area (Å²) in [5.41, 5.74) is 1.22. The lowest BCUT2D eigenvalue weighted by molar-refractivity contribution is 0.102. The minimum absolute atomic E-state index is 0.324. The Morgan fingerprint density at radius 3 is 2.94 bits per heavy atom. The van der Waals surface area contributed by atoms with Crippen molar-refractivity contribution in [3.63, 3.8) is 0 Å². The van der Waals surface area contributed by atoms with E-state index in [1.807, 2.05) is 6.07 Å². The molecule has 18 heavy (non-hydrogen) atoms. The molecule has 0 unspecified atom stereocenters. The average molecular weight is 264 g/mol. The molecule has 0 bridgehead atoms. The zero-order chi connectivity index (χ0) is 12.8. The molecule has 2 heterocycles. The Kier molecular flexibility index (Phi) is 4.13. The zero-order valence-electron chi connectivity index (χ0n) is 9.75. The Morgan fingerprint density at radius 1 is 1.44 bits per heavy atom. The fourth-order valence-corrected chi connectivity index (χ4v) is 1.61. The summed E-state index contributed by atoms with van der Waals surface area (Å²) in [4.78, 5) is 15.8. The molecule has 1 amide bonds. The summed E-state index contributed by atoms with van der Waals surface area (Å²) in [6, 6.07) is 3.47. The van der Waals surface area contributed by atoms with E-state index in [9.17, 15) is 4.79 Å². The fourth-order valence-electron chi connectivity index (χ4n) is 1.25. The molecule has 0 spiro atoms. The van der Waals surface area contributed by atoms with Crippen LogP contribution in [-0.4, -0.2) is 32.2 Å². The van der Waals surface area contributed by atoms with Gasteiger partial charge in [0.25, 0.3) is 5.91 Å². The summed E-state index contributed by atoms with van der Waals surface area (Å²) >= 11 is 1.02. The molecule has 0 saturated heterocycles. The van der Waals surface area contributed by atoms with E-state index in [1.165, 1.54) is 0 Å². The minimum Gasteiger partial charge on any atom is -0.384 e. The van der Waals surface area contributed by atoms with Crippen LogP contribution in [0.1, 0.15) is 23.8 Å². The van der Waals surface area contributed by atoms with Crippen LogP contribution in [0.2, 0.25) is 0 Å². The van der Waals surface area contributed by atoms with Crippen LogP contribution in [0.15, 0.2) is 18.3 Å². The van der Waals surface area contributed by atoms with Crippen LogP contribution >= 0.6 is 11.5 Å². The van der Waals surface area contributed by atoms with Crippen molar-refractivity contribution in [3.05, 3.63) is 24.0 Å². The maximum absolute atomic E-state index is 11.8. The molecule has 0 fully saturated rings. The van der Waals surface area contributed by atoms with Crippen molar-refractivity contribution in [2.24, 2.45) is 0 Å². The Labute approximate surface area is 108 Å². The summed E-state index contributed by atoms with van der Waals surface area (Å²) in [6.45, 7) is 2.96. The number of hydrogen-bond donors (Lipinski definition) is 2. The third kappa shape index (κ3) is 3.20. The molecule has 0 aliphatic heterocycles. The van der Waals surface area contributed by atoms with Crippen molar-refractivity contribution in [2.45, 2.75) is 13.3 Å². The molecule has 0 saturated carbocycles. The third-order valence-corrected chi connectivity index (χ3v) is 2.61. The van der Waals surface area contributed by atoms with Crippen molar-refractivity contribution in [1.29, 1.82) is 0 Å². The van der Waals surface area contributed by atoms with Gasteiger partial charge >= 0.3 is 0 Å². The highest BCUT2D eigenvalue weighted by Crippen LogP contribution is 2.09. The highest BCUT2D eigenvalue weighted by atomic mass is 32.1. The van der Waals surface area contributed by atoms with Crippen LogP contribution in [0.25, 0.3) is 0 Å². The Bertz CT molecular complexity index is 498. The van der Waals surface area contributed by atoms with E-state index in [4.69, 9.17) is 0 Å². The molecule has 94 valence electrons. The van der Waals surface area contributed by atoms with Gasteiger partial charge in [-0.15, -0.1) is 0 Å². The van der Waals surface area contributed by atoms with Crippen molar-refractivity contribution in [3.8, 4) is 0 Å². The first-order valence-corrected chi connectivity index (χ1v) is 6.23. The Morgan fingerprint density at radius 2 is 2.33 bits per heavy atom. The lowest BCUT2D eigenvalue weighted by Gasteiger charge is -2.04. The molecule has 2 aromatic heterocycles. The smallest absolute Gasteiger partial charge is 0.276 e. The first-order chi connectivity index (χ1) is 8.79. The molecule has 2 aromatic rings. The number of nitrogens with zero attached hydrogens (tertiary/aromatic N) is 4. The van der Waals surface area contributed by atoms with Crippen molar-refractivity contribution < 1.29 is 4.79 Å². The number of carbonyl (C=O) groups excluding carboxylic acids is 1. The summed E-state index contributed by atoms with van der Waals surface area (Å²) in [5, 5.41) is 13.1. The molecule has 8 heteroatoms. The van der Waals surface area contributed by atoms with E-state index in [2.05, 4.69) is 37.3 Å². The van der Waals surface area contributed by atoms with E-state index < -0.39 is 0 Å². The van der Waals surface area contributed by atoms with Gasteiger partial charge in [-0.25, -0.2) is 4.98 Å². The van der Waals surface area contributed by atoms with Gasteiger partial charge in [-0.1, -0.05) is 16.5 Å². The second kappa shape index (κ2) is 6.01. The minimum atomic E-state index is -0.324. The molecular weight excluding hydrogens is 252 g/mol. The van der Waals surface area contributed by atoms with E-state index in [-0.39, 0.29) is 5.91 Å². The standard InChI is InChI=1S/C10H12N6OS/c1-2-5-11-7-3-4-8(12-6-7)9(17)13-10-14-15-16-18-10/h3-4,6,11H,2,5H2,1H3,(H,13,14,16,17). The van der Waals surface area contributed by atoms with Crippen molar-refractivity contribution >= 4 is 28.3 Å². The van der Waals surface area contributed by atoms with Crippen LogP contribution in [0.5, 0.6) is 0 Å². The number of aromatic nitrogens is 4. The predicted molar refractivity (Wildman–Crippen MR) is 68.7 cm³/mol. The molecule has 0 aromatic carbocycles. The van der Waals surface area contributed by atoms with E-state index >= 15 is 0 Å². The molecular formula is C10H12N6OS.